The van der Waals surface area contributed by atoms with Crippen LogP contribution in [0.3, 0.4) is 0 Å². The molecule has 1 N–H and O–H groups in total. The first-order valence-electron chi connectivity index (χ1n) is 6.61. The number of hydrogen-bond donors (Lipinski definition) is 1. The van der Waals surface area contributed by atoms with Gasteiger partial charge in [0.1, 0.15) is 0 Å². The van der Waals surface area contributed by atoms with E-state index in [-0.39, 0.29) is 25.0 Å². The molecule has 1 aromatic carbocycles. The van der Waals surface area contributed by atoms with Gasteiger partial charge in [0.15, 0.2) is 0 Å². The second-order valence-corrected chi connectivity index (χ2v) is 6.88. The highest BCUT2D eigenvalue weighted by atomic mass is 32.2. The number of nitrogens with zero attached hydrogens (tertiary/aromatic N) is 1. The lowest BCUT2D eigenvalue weighted by atomic mass is 10.2. The number of carbonyl (C=O) groups is 1. The fourth-order valence-electron chi connectivity index (χ4n) is 1.66. The predicted octanol–water partition coefficient (Wildman–Crippen LogP) is 1.36. The Hall–Kier alpha value is -1.40. The third-order valence-corrected chi connectivity index (χ3v) is 4.21. The number of nitrogens with one attached hydrogen (secondary N) is 1. The van der Waals surface area contributed by atoms with Gasteiger partial charge in [0.05, 0.1) is 12.8 Å². The molecule has 0 aliphatic carbocycles. The van der Waals surface area contributed by atoms with E-state index in [1.165, 1.54) is 4.31 Å². The van der Waals surface area contributed by atoms with Crippen LogP contribution in [0, 0.1) is 0 Å². The Labute approximate surface area is 121 Å². The summed E-state index contributed by atoms with van der Waals surface area (Å²) in [5, 5.41) is 2.77. The zero-order chi connectivity index (χ0) is 15.2. The lowest BCUT2D eigenvalue weighted by Crippen LogP contribution is -2.42. The zero-order valence-corrected chi connectivity index (χ0v) is 13.0. The van der Waals surface area contributed by atoms with Crippen LogP contribution in [-0.2, 0) is 21.4 Å². The van der Waals surface area contributed by atoms with Crippen molar-refractivity contribution < 1.29 is 13.2 Å². The summed E-state index contributed by atoms with van der Waals surface area (Å²) in [6.07, 6.45) is 1.93. The van der Waals surface area contributed by atoms with Gasteiger partial charge in [-0.15, -0.1) is 0 Å². The van der Waals surface area contributed by atoms with Crippen molar-refractivity contribution in [1.82, 2.24) is 9.62 Å². The second-order valence-electron chi connectivity index (χ2n) is 4.89. The van der Waals surface area contributed by atoms with Gasteiger partial charge in [0.25, 0.3) is 0 Å². The molecule has 1 aromatic rings. The molecule has 0 aliphatic rings. The molecule has 0 radical (unpaired) electrons. The summed E-state index contributed by atoms with van der Waals surface area (Å²) in [6, 6.07) is 9.27. The molecule has 1 rings (SSSR count). The van der Waals surface area contributed by atoms with E-state index in [2.05, 4.69) is 5.32 Å². The molecule has 6 heteroatoms. The quantitative estimate of drug-likeness (QED) is 0.826. The van der Waals surface area contributed by atoms with Crippen LogP contribution < -0.4 is 5.32 Å². The van der Waals surface area contributed by atoms with E-state index in [1.807, 2.05) is 44.2 Å². The average Bonchev–Trinajstić information content (AvgIpc) is 2.38. The maximum absolute atomic E-state index is 11.8. The number of amides is 1. The second kappa shape index (κ2) is 7.40. The molecule has 0 saturated heterocycles. The predicted molar refractivity (Wildman–Crippen MR) is 79.6 cm³/mol. The highest BCUT2D eigenvalue weighted by Crippen LogP contribution is 2.08. The fourth-order valence-corrected chi connectivity index (χ4v) is 2.40. The number of carbonyl (C=O) groups excluding carboxylic acids is 1. The molecular formula is C14H22N2O3S. The van der Waals surface area contributed by atoms with Crippen molar-refractivity contribution in [3.63, 3.8) is 0 Å². The van der Waals surface area contributed by atoms with Gasteiger partial charge < -0.3 is 5.32 Å². The standard InChI is InChI=1S/C14H22N2O3S/c1-4-12(2)15-14(17)11-16(20(3,18)19)10-13-8-6-5-7-9-13/h5-9,12H,4,10-11H2,1-3H3,(H,15,17)/t12-/m0/s1. The van der Waals surface area contributed by atoms with Crippen LogP contribution in [0.1, 0.15) is 25.8 Å². The molecule has 112 valence electrons. The monoisotopic (exact) mass is 298 g/mol. The lowest BCUT2D eigenvalue weighted by molar-refractivity contribution is -0.122. The minimum atomic E-state index is -3.43. The van der Waals surface area contributed by atoms with Gasteiger partial charge in [-0.05, 0) is 18.9 Å². The van der Waals surface area contributed by atoms with E-state index >= 15 is 0 Å². The Morgan fingerprint density at radius 3 is 2.40 bits per heavy atom. The summed E-state index contributed by atoms with van der Waals surface area (Å²) in [5.41, 5.74) is 0.856. The molecule has 20 heavy (non-hydrogen) atoms. The Morgan fingerprint density at radius 1 is 1.30 bits per heavy atom. The Bertz CT molecular complexity index is 529. The van der Waals surface area contributed by atoms with E-state index < -0.39 is 10.0 Å². The summed E-state index contributed by atoms with van der Waals surface area (Å²) in [5.74, 6) is -0.277. The molecular weight excluding hydrogens is 276 g/mol. The Morgan fingerprint density at radius 2 is 1.90 bits per heavy atom. The SMILES string of the molecule is CC[C@H](C)NC(=O)CN(Cc1ccccc1)S(C)(=O)=O. The molecule has 0 saturated carbocycles. The van der Waals surface area contributed by atoms with Gasteiger partial charge in [-0.25, -0.2) is 8.42 Å². The number of hydrogen-bond acceptors (Lipinski definition) is 3. The minimum absolute atomic E-state index is 0.0423. The molecule has 0 bridgehead atoms. The maximum Gasteiger partial charge on any atom is 0.235 e. The number of benzene rings is 1. The summed E-state index contributed by atoms with van der Waals surface area (Å²) >= 11 is 0. The normalized spacial score (nSPS) is 13.2. The van der Waals surface area contributed by atoms with Crippen molar-refractivity contribution >= 4 is 15.9 Å². The van der Waals surface area contributed by atoms with Gasteiger partial charge in [0, 0.05) is 12.6 Å². The van der Waals surface area contributed by atoms with E-state index in [9.17, 15) is 13.2 Å². The van der Waals surface area contributed by atoms with E-state index in [1.54, 1.807) is 0 Å². The van der Waals surface area contributed by atoms with E-state index in [4.69, 9.17) is 0 Å². The van der Waals surface area contributed by atoms with Crippen molar-refractivity contribution in [3.05, 3.63) is 35.9 Å². The number of rotatable bonds is 7. The lowest BCUT2D eigenvalue weighted by Gasteiger charge is -2.21. The van der Waals surface area contributed by atoms with Crippen molar-refractivity contribution in [1.29, 1.82) is 0 Å². The molecule has 0 heterocycles. The smallest absolute Gasteiger partial charge is 0.235 e. The first kappa shape index (κ1) is 16.7. The van der Waals surface area contributed by atoms with Crippen molar-refractivity contribution in [2.45, 2.75) is 32.9 Å². The van der Waals surface area contributed by atoms with Crippen molar-refractivity contribution in [3.8, 4) is 0 Å². The van der Waals surface area contributed by atoms with Gasteiger partial charge in [-0.3, -0.25) is 4.79 Å². The van der Waals surface area contributed by atoms with Gasteiger partial charge in [-0.2, -0.15) is 4.31 Å². The topological polar surface area (TPSA) is 66.5 Å². The molecule has 1 amide bonds. The van der Waals surface area contributed by atoms with Crippen molar-refractivity contribution in [2.24, 2.45) is 0 Å². The van der Waals surface area contributed by atoms with Crippen LogP contribution in [0.4, 0.5) is 0 Å². The van der Waals surface area contributed by atoms with Crippen LogP contribution in [0.25, 0.3) is 0 Å². The highest BCUT2D eigenvalue weighted by molar-refractivity contribution is 7.88. The fraction of sp³-hybridized carbons (Fsp3) is 0.500. The number of sulfonamides is 1. The largest absolute Gasteiger partial charge is 0.353 e. The van der Waals surface area contributed by atoms with Gasteiger partial charge >= 0.3 is 0 Å². The van der Waals surface area contributed by atoms with Crippen LogP contribution in [0.15, 0.2) is 30.3 Å². The zero-order valence-electron chi connectivity index (χ0n) is 12.2. The van der Waals surface area contributed by atoms with Gasteiger partial charge in [0.2, 0.25) is 15.9 Å². The van der Waals surface area contributed by atoms with Crippen LogP contribution in [-0.4, -0.2) is 37.5 Å². The molecule has 0 spiro atoms. The summed E-state index contributed by atoms with van der Waals surface area (Å²) < 4.78 is 24.7. The molecule has 0 aromatic heterocycles. The molecule has 5 nitrogen and oxygen atoms in total. The van der Waals surface area contributed by atoms with Crippen LogP contribution in [0.5, 0.6) is 0 Å². The average molecular weight is 298 g/mol. The molecule has 0 unspecified atom stereocenters. The first-order valence-corrected chi connectivity index (χ1v) is 8.46. The van der Waals surface area contributed by atoms with Crippen LogP contribution >= 0.6 is 0 Å². The van der Waals surface area contributed by atoms with Crippen molar-refractivity contribution in [2.75, 3.05) is 12.8 Å². The Balaban J connectivity index is 2.74. The third kappa shape index (κ3) is 5.71. The maximum atomic E-state index is 11.8. The summed E-state index contributed by atoms with van der Waals surface area (Å²) in [6.45, 7) is 3.90. The molecule has 0 aliphatic heterocycles. The first-order chi connectivity index (χ1) is 9.32. The van der Waals surface area contributed by atoms with Gasteiger partial charge in [-0.1, -0.05) is 37.3 Å². The minimum Gasteiger partial charge on any atom is -0.353 e. The van der Waals surface area contributed by atoms with E-state index in [0.29, 0.717) is 0 Å². The summed E-state index contributed by atoms with van der Waals surface area (Å²) in [7, 11) is -3.43. The summed E-state index contributed by atoms with van der Waals surface area (Å²) in [4.78, 5) is 11.8. The van der Waals surface area contributed by atoms with Crippen LogP contribution in [0.2, 0.25) is 0 Å². The Kier molecular flexibility index (Phi) is 6.16. The highest BCUT2D eigenvalue weighted by Gasteiger charge is 2.20. The third-order valence-electron chi connectivity index (χ3n) is 3.01. The van der Waals surface area contributed by atoms with E-state index in [0.717, 1.165) is 18.2 Å². The molecule has 0 fully saturated rings. The molecule has 1 atom stereocenters.